The first kappa shape index (κ1) is 14.3. The Kier molecular flexibility index (Phi) is 4.14. The molecule has 1 saturated heterocycles. The number of rotatable bonds is 3. The third-order valence-corrected chi connectivity index (χ3v) is 4.69. The number of H-pyrrole nitrogens is 1. The standard InChI is InChI=1S/C11H16N2O5S/c1-5(15)6-3-13(11(18)12-10(6)17)9-2-7(16)8(4-14)19-9/h3,5,7-9,14-16H,2,4H2,1H3,(H,12,17,18). The number of hydrogen-bond acceptors (Lipinski definition) is 6. The number of nitrogens with one attached hydrogen (secondary N) is 1. The summed E-state index contributed by atoms with van der Waals surface area (Å²) < 4.78 is 1.28. The van der Waals surface area contributed by atoms with E-state index in [4.69, 9.17) is 5.11 Å². The summed E-state index contributed by atoms with van der Waals surface area (Å²) in [4.78, 5) is 25.4. The molecule has 1 fully saturated rings. The van der Waals surface area contributed by atoms with E-state index in [9.17, 15) is 19.8 Å². The first-order valence-corrected chi connectivity index (χ1v) is 6.86. The van der Waals surface area contributed by atoms with Gasteiger partial charge < -0.3 is 15.3 Å². The van der Waals surface area contributed by atoms with Gasteiger partial charge in [-0.15, -0.1) is 11.8 Å². The van der Waals surface area contributed by atoms with E-state index in [1.165, 1.54) is 29.4 Å². The van der Waals surface area contributed by atoms with Gasteiger partial charge in [-0.05, 0) is 6.92 Å². The molecule has 0 aromatic carbocycles. The first-order chi connectivity index (χ1) is 8.93. The van der Waals surface area contributed by atoms with Crippen LogP contribution in [0.1, 0.15) is 30.4 Å². The Bertz CT molecular complexity index is 567. The summed E-state index contributed by atoms with van der Waals surface area (Å²) in [5.74, 6) is 0. The van der Waals surface area contributed by atoms with Crippen molar-refractivity contribution in [2.45, 2.75) is 36.2 Å². The zero-order chi connectivity index (χ0) is 14.2. The SMILES string of the molecule is CC(O)c1cn(C2CC(O)C(CO)S2)c(=O)[nH]c1=O. The number of thioether (sulfide) groups is 1. The average molecular weight is 288 g/mol. The van der Waals surface area contributed by atoms with E-state index in [-0.39, 0.29) is 22.8 Å². The van der Waals surface area contributed by atoms with Gasteiger partial charge in [-0.25, -0.2) is 4.79 Å². The summed E-state index contributed by atoms with van der Waals surface area (Å²) in [5.41, 5.74) is -1.10. The molecule has 0 aliphatic carbocycles. The Hall–Kier alpha value is -1.09. The molecule has 0 spiro atoms. The van der Waals surface area contributed by atoms with Gasteiger partial charge in [0, 0.05) is 12.6 Å². The lowest BCUT2D eigenvalue weighted by Gasteiger charge is -2.14. The minimum atomic E-state index is -0.986. The van der Waals surface area contributed by atoms with Gasteiger partial charge >= 0.3 is 5.69 Å². The normalized spacial score (nSPS) is 28.5. The maximum atomic E-state index is 11.8. The molecule has 19 heavy (non-hydrogen) atoms. The number of aliphatic hydroxyl groups is 3. The minimum Gasteiger partial charge on any atom is -0.395 e. The maximum Gasteiger partial charge on any atom is 0.329 e. The number of nitrogens with zero attached hydrogens (tertiary/aromatic N) is 1. The summed E-state index contributed by atoms with van der Waals surface area (Å²) in [6, 6.07) is 0. The van der Waals surface area contributed by atoms with Crippen LogP contribution in [0.5, 0.6) is 0 Å². The lowest BCUT2D eigenvalue weighted by Crippen LogP contribution is -2.33. The monoisotopic (exact) mass is 288 g/mol. The highest BCUT2D eigenvalue weighted by molar-refractivity contribution is 8.00. The van der Waals surface area contributed by atoms with Crippen molar-refractivity contribution in [2.75, 3.05) is 6.61 Å². The van der Waals surface area contributed by atoms with Gasteiger partial charge in [-0.1, -0.05) is 0 Å². The molecule has 4 N–H and O–H groups in total. The molecule has 1 aliphatic heterocycles. The van der Waals surface area contributed by atoms with Gasteiger partial charge in [-0.3, -0.25) is 14.3 Å². The molecule has 0 amide bonds. The van der Waals surface area contributed by atoms with Crippen molar-refractivity contribution in [1.82, 2.24) is 9.55 Å². The van der Waals surface area contributed by atoms with Crippen molar-refractivity contribution in [3.63, 3.8) is 0 Å². The molecule has 0 radical (unpaired) electrons. The zero-order valence-electron chi connectivity index (χ0n) is 10.3. The molecule has 1 aromatic heterocycles. The number of aliphatic hydroxyl groups excluding tert-OH is 3. The summed E-state index contributed by atoms with van der Waals surface area (Å²) in [6.07, 6.45) is -0.0637. The molecule has 4 unspecified atom stereocenters. The molecule has 4 atom stereocenters. The molecule has 106 valence electrons. The van der Waals surface area contributed by atoms with Gasteiger partial charge in [0.1, 0.15) is 0 Å². The van der Waals surface area contributed by atoms with Gasteiger partial charge in [0.05, 0.1) is 35.0 Å². The van der Waals surface area contributed by atoms with Crippen LogP contribution in [0.3, 0.4) is 0 Å². The topological polar surface area (TPSA) is 116 Å². The van der Waals surface area contributed by atoms with Crippen LogP contribution >= 0.6 is 11.8 Å². The van der Waals surface area contributed by atoms with Gasteiger partial charge in [0.2, 0.25) is 0 Å². The van der Waals surface area contributed by atoms with Gasteiger partial charge in [0.25, 0.3) is 5.56 Å². The predicted molar refractivity (Wildman–Crippen MR) is 70.1 cm³/mol. The van der Waals surface area contributed by atoms with Crippen molar-refractivity contribution in [3.05, 3.63) is 32.6 Å². The van der Waals surface area contributed by atoms with Crippen molar-refractivity contribution in [2.24, 2.45) is 0 Å². The highest BCUT2D eigenvalue weighted by Crippen LogP contribution is 2.40. The van der Waals surface area contributed by atoms with Gasteiger partial charge in [0.15, 0.2) is 0 Å². The molecule has 2 rings (SSSR count). The Morgan fingerprint density at radius 2 is 2.26 bits per heavy atom. The summed E-state index contributed by atoms with van der Waals surface area (Å²) in [6.45, 7) is 1.26. The van der Waals surface area contributed by atoms with Crippen LogP contribution in [0.2, 0.25) is 0 Å². The lowest BCUT2D eigenvalue weighted by molar-refractivity contribution is 0.137. The molecule has 8 heteroatoms. The van der Waals surface area contributed by atoms with Crippen molar-refractivity contribution in [3.8, 4) is 0 Å². The third kappa shape index (κ3) is 2.76. The van der Waals surface area contributed by atoms with E-state index in [0.29, 0.717) is 6.42 Å². The van der Waals surface area contributed by atoms with Crippen LogP contribution in [-0.2, 0) is 0 Å². The van der Waals surface area contributed by atoms with Crippen LogP contribution < -0.4 is 11.2 Å². The molecule has 0 saturated carbocycles. The largest absolute Gasteiger partial charge is 0.395 e. The second kappa shape index (κ2) is 5.49. The van der Waals surface area contributed by atoms with E-state index >= 15 is 0 Å². The fourth-order valence-electron chi connectivity index (χ4n) is 2.06. The van der Waals surface area contributed by atoms with E-state index in [1.807, 2.05) is 0 Å². The molecule has 7 nitrogen and oxygen atoms in total. The third-order valence-electron chi connectivity index (χ3n) is 3.14. The molecule has 0 bridgehead atoms. The molecular formula is C11H16N2O5S. The zero-order valence-corrected chi connectivity index (χ0v) is 11.1. The van der Waals surface area contributed by atoms with E-state index in [2.05, 4.69) is 4.98 Å². The second-order valence-corrected chi connectivity index (χ2v) is 5.96. The average Bonchev–Trinajstić information content (AvgIpc) is 2.69. The number of aromatic nitrogens is 2. The summed E-state index contributed by atoms with van der Waals surface area (Å²) in [5, 5.41) is 27.6. The highest BCUT2D eigenvalue weighted by atomic mass is 32.2. The molecule has 2 heterocycles. The van der Waals surface area contributed by atoms with Crippen LogP contribution in [0.15, 0.2) is 15.8 Å². The predicted octanol–water partition coefficient (Wildman–Crippen LogP) is -1.05. The fourth-order valence-corrected chi connectivity index (χ4v) is 3.44. The molecular weight excluding hydrogens is 272 g/mol. The highest BCUT2D eigenvalue weighted by Gasteiger charge is 2.35. The maximum absolute atomic E-state index is 11.8. The van der Waals surface area contributed by atoms with Crippen molar-refractivity contribution in [1.29, 1.82) is 0 Å². The van der Waals surface area contributed by atoms with Crippen LogP contribution in [0, 0.1) is 0 Å². The summed E-state index contributed by atoms with van der Waals surface area (Å²) in [7, 11) is 0. The Labute approximate surface area is 112 Å². The van der Waals surface area contributed by atoms with Crippen LogP contribution in [0.4, 0.5) is 0 Å². The lowest BCUT2D eigenvalue weighted by atomic mass is 10.2. The fraction of sp³-hybridized carbons (Fsp3) is 0.636. The van der Waals surface area contributed by atoms with Crippen LogP contribution in [-0.4, -0.2) is 42.8 Å². The smallest absolute Gasteiger partial charge is 0.329 e. The van der Waals surface area contributed by atoms with E-state index < -0.39 is 23.5 Å². The second-order valence-electron chi connectivity index (χ2n) is 4.54. The Balaban J connectivity index is 2.38. The number of aromatic amines is 1. The van der Waals surface area contributed by atoms with Gasteiger partial charge in [-0.2, -0.15) is 0 Å². The quantitative estimate of drug-likeness (QED) is 0.564. The van der Waals surface area contributed by atoms with E-state index in [1.54, 1.807) is 0 Å². The molecule has 1 aliphatic rings. The van der Waals surface area contributed by atoms with E-state index in [0.717, 1.165) is 0 Å². The van der Waals surface area contributed by atoms with Crippen molar-refractivity contribution >= 4 is 11.8 Å². The van der Waals surface area contributed by atoms with Crippen LogP contribution in [0.25, 0.3) is 0 Å². The summed E-state index contributed by atoms with van der Waals surface area (Å²) >= 11 is 1.27. The number of hydrogen-bond donors (Lipinski definition) is 4. The Morgan fingerprint density at radius 3 is 2.79 bits per heavy atom. The Morgan fingerprint density at radius 1 is 1.58 bits per heavy atom. The first-order valence-electron chi connectivity index (χ1n) is 5.92. The minimum absolute atomic E-state index is 0.0992. The molecule has 1 aromatic rings. The van der Waals surface area contributed by atoms with Crippen molar-refractivity contribution < 1.29 is 15.3 Å².